The molecule has 2 heterocycles. The summed E-state index contributed by atoms with van der Waals surface area (Å²) in [6, 6.07) is 8.38. The first kappa shape index (κ1) is 27.6. The van der Waals surface area contributed by atoms with Gasteiger partial charge in [0.15, 0.2) is 10.7 Å². The molecule has 0 spiro atoms. The summed E-state index contributed by atoms with van der Waals surface area (Å²) in [5, 5.41) is 11.5. The first-order chi connectivity index (χ1) is 17.9. The van der Waals surface area contributed by atoms with Crippen molar-refractivity contribution in [3.8, 4) is 0 Å². The maximum absolute atomic E-state index is 14.0. The third kappa shape index (κ3) is 5.99. The lowest BCUT2D eigenvalue weighted by Gasteiger charge is -2.30. The van der Waals surface area contributed by atoms with Crippen LogP contribution in [0.5, 0.6) is 0 Å². The van der Waals surface area contributed by atoms with E-state index in [1.807, 2.05) is 0 Å². The Morgan fingerprint density at radius 1 is 1.08 bits per heavy atom. The van der Waals surface area contributed by atoms with Crippen molar-refractivity contribution in [2.24, 2.45) is 11.1 Å². The molecule has 14 heteroatoms. The topological polar surface area (TPSA) is 153 Å². The third-order valence-corrected chi connectivity index (χ3v) is 9.07. The number of benzene rings is 2. The molecule has 3 aromatic rings. The Bertz CT molecular complexity index is 1590. The summed E-state index contributed by atoms with van der Waals surface area (Å²) in [7, 11) is -7.91. The number of carbonyl (C=O) groups excluding carboxylic acids is 1. The normalized spacial score (nSPS) is 15.7. The molecule has 1 aliphatic rings. The minimum absolute atomic E-state index is 0.0370. The largest absolute Gasteiger partial charge is 0.355 e. The molecular weight excluding hydrogens is 542 g/mol. The molecule has 3 N–H and O–H groups in total. The lowest BCUT2D eigenvalue weighted by atomic mass is 9.97. The summed E-state index contributed by atoms with van der Waals surface area (Å²) < 4.78 is 83.1. The lowest BCUT2D eigenvalue weighted by molar-refractivity contribution is -0.120. The van der Waals surface area contributed by atoms with E-state index in [4.69, 9.17) is 9.66 Å². The molecule has 0 aliphatic carbocycles. The average molecular weight is 567 g/mol. The number of amides is 1. The zero-order valence-electron chi connectivity index (χ0n) is 20.1. The van der Waals surface area contributed by atoms with Crippen LogP contribution >= 0.6 is 0 Å². The highest BCUT2D eigenvalue weighted by atomic mass is 32.2. The van der Waals surface area contributed by atoms with Crippen molar-refractivity contribution in [2.45, 2.75) is 29.6 Å². The first-order valence-corrected chi connectivity index (χ1v) is 14.4. The molecule has 0 atom stereocenters. The number of nitrogens with two attached hydrogens (primary N) is 1. The minimum Gasteiger partial charge on any atom is -0.355 e. The number of hydrogen-bond acceptors (Lipinski definition) is 7. The van der Waals surface area contributed by atoms with E-state index in [9.17, 15) is 30.4 Å². The Morgan fingerprint density at radius 3 is 2.34 bits per heavy atom. The van der Waals surface area contributed by atoms with Crippen LogP contribution in [-0.4, -0.2) is 45.3 Å². The highest BCUT2D eigenvalue weighted by Crippen LogP contribution is 2.30. The summed E-state index contributed by atoms with van der Waals surface area (Å²) >= 11 is 0. The fraction of sp³-hybridized carbons (Fsp3) is 0.250. The summed E-state index contributed by atoms with van der Waals surface area (Å²) in [4.78, 5) is 12.4. The van der Waals surface area contributed by atoms with E-state index >= 15 is 0 Å². The Morgan fingerprint density at radius 2 is 1.74 bits per heavy atom. The van der Waals surface area contributed by atoms with Crippen LogP contribution in [0.2, 0.25) is 0 Å². The maximum Gasteiger partial charge on any atom is 0.248 e. The molecule has 0 saturated carbocycles. The monoisotopic (exact) mass is 566 g/mol. The fourth-order valence-corrected chi connectivity index (χ4v) is 6.30. The van der Waals surface area contributed by atoms with Crippen molar-refractivity contribution < 1.29 is 34.9 Å². The third-order valence-electron chi connectivity index (χ3n) is 6.08. The molecule has 1 aromatic heterocycles. The molecule has 38 heavy (non-hydrogen) atoms. The van der Waals surface area contributed by atoms with Crippen LogP contribution in [0.1, 0.15) is 29.9 Å². The van der Waals surface area contributed by atoms with Crippen LogP contribution in [0.15, 0.2) is 56.8 Å². The zero-order valence-corrected chi connectivity index (χ0v) is 21.7. The standard InChI is InChI=1S/C24H24F2N4O6S2/c1-15-23(22(36-29-15)9-3-16-2-4-18(25)14-21(16)26)38(34,35)30-12-10-17(11-13-30)24(31)28-19-5-7-20(8-6-19)37(27,32)33/h2-9,14,17H,10-13H2,1H3,(H,28,31)(H2,27,32,33)/b9-3+. The Kier molecular flexibility index (Phi) is 7.78. The molecule has 1 amide bonds. The van der Waals surface area contributed by atoms with Gasteiger partial charge >= 0.3 is 0 Å². The van der Waals surface area contributed by atoms with E-state index in [2.05, 4.69) is 10.5 Å². The van der Waals surface area contributed by atoms with Crippen molar-refractivity contribution in [1.29, 1.82) is 0 Å². The molecule has 10 nitrogen and oxygen atoms in total. The summed E-state index contributed by atoms with van der Waals surface area (Å²) in [6.07, 6.45) is 3.01. The smallest absolute Gasteiger partial charge is 0.248 e. The fourth-order valence-electron chi connectivity index (χ4n) is 4.06. The van der Waals surface area contributed by atoms with Gasteiger partial charge in [-0.15, -0.1) is 0 Å². The number of anilines is 1. The number of carbonyl (C=O) groups is 1. The number of aryl methyl sites for hydroxylation is 1. The van der Waals surface area contributed by atoms with E-state index < -0.39 is 37.6 Å². The van der Waals surface area contributed by atoms with Crippen molar-refractivity contribution in [3.63, 3.8) is 0 Å². The molecule has 4 rings (SSSR count). The molecule has 2 aromatic carbocycles. The van der Waals surface area contributed by atoms with Gasteiger partial charge in [-0.3, -0.25) is 4.79 Å². The molecule has 1 fully saturated rings. The van der Waals surface area contributed by atoms with Gasteiger partial charge in [0.05, 0.1) is 4.90 Å². The number of sulfonamides is 2. The summed E-state index contributed by atoms with van der Waals surface area (Å²) in [5.41, 5.74) is 0.536. The number of primary sulfonamides is 1. The summed E-state index contributed by atoms with van der Waals surface area (Å²) in [6.45, 7) is 1.59. The number of piperidine rings is 1. The second-order valence-electron chi connectivity index (χ2n) is 8.70. The lowest BCUT2D eigenvalue weighted by Crippen LogP contribution is -2.41. The Hall–Kier alpha value is -3.46. The molecular formula is C24H24F2N4O6S2. The first-order valence-electron chi connectivity index (χ1n) is 11.4. The van der Waals surface area contributed by atoms with Gasteiger partial charge < -0.3 is 9.84 Å². The number of nitrogens with zero attached hydrogens (tertiary/aromatic N) is 2. The van der Waals surface area contributed by atoms with Crippen LogP contribution in [0.3, 0.4) is 0 Å². The highest BCUT2D eigenvalue weighted by molar-refractivity contribution is 7.89. The molecule has 1 aliphatic heterocycles. The number of aromatic nitrogens is 1. The van der Waals surface area contributed by atoms with Gasteiger partial charge in [0.25, 0.3) is 0 Å². The number of halogens is 2. The predicted molar refractivity (Wildman–Crippen MR) is 134 cm³/mol. The van der Waals surface area contributed by atoms with Gasteiger partial charge in [0.1, 0.15) is 17.3 Å². The van der Waals surface area contributed by atoms with E-state index in [0.717, 1.165) is 6.07 Å². The zero-order chi connectivity index (χ0) is 27.7. The summed E-state index contributed by atoms with van der Waals surface area (Å²) in [5.74, 6) is -2.45. The van der Waals surface area contributed by atoms with Crippen LogP contribution in [-0.2, 0) is 24.8 Å². The maximum atomic E-state index is 14.0. The quantitative estimate of drug-likeness (QED) is 0.446. The van der Waals surface area contributed by atoms with E-state index in [1.54, 1.807) is 0 Å². The van der Waals surface area contributed by atoms with Gasteiger partial charge in [-0.25, -0.2) is 30.8 Å². The highest BCUT2D eigenvalue weighted by Gasteiger charge is 2.36. The number of nitrogens with one attached hydrogen (secondary N) is 1. The van der Waals surface area contributed by atoms with Crippen molar-refractivity contribution in [3.05, 3.63) is 71.1 Å². The molecule has 0 unspecified atom stereocenters. The van der Waals surface area contributed by atoms with Crippen LogP contribution in [0.4, 0.5) is 14.5 Å². The average Bonchev–Trinajstić information content (AvgIpc) is 3.24. The van der Waals surface area contributed by atoms with Gasteiger partial charge in [0, 0.05) is 36.3 Å². The van der Waals surface area contributed by atoms with Crippen molar-refractivity contribution in [2.75, 3.05) is 18.4 Å². The molecule has 0 radical (unpaired) electrons. The number of hydrogen-bond donors (Lipinski definition) is 2. The molecule has 1 saturated heterocycles. The van der Waals surface area contributed by atoms with Crippen LogP contribution < -0.4 is 10.5 Å². The predicted octanol–water partition coefficient (Wildman–Crippen LogP) is 3.12. The second kappa shape index (κ2) is 10.7. The Balaban J connectivity index is 1.43. The van der Waals surface area contributed by atoms with Crippen molar-refractivity contribution >= 4 is 43.8 Å². The van der Waals surface area contributed by atoms with Gasteiger partial charge in [-0.1, -0.05) is 5.16 Å². The number of rotatable bonds is 7. The minimum atomic E-state index is -4.06. The molecule has 202 valence electrons. The van der Waals surface area contributed by atoms with Crippen LogP contribution in [0.25, 0.3) is 12.2 Å². The SMILES string of the molecule is Cc1noc(/C=C/c2ccc(F)cc2F)c1S(=O)(=O)N1CCC(C(=O)Nc2ccc(S(N)(=O)=O)cc2)CC1. The van der Waals surface area contributed by atoms with Crippen LogP contribution in [0, 0.1) is 24.5 Å². The van der Waals surface area contributed by atoms with E-state index in [1.165, 1.54) is 53.7 Å². The second-order valence-corrected chi connectivity index (χ2v) is 12.1. The van der Waals surface area contributed by atoms with Gasteiger partial charge in [0.2, 0.25) is 26.0 Å². The molecule has 0 bridgehead atoms. The Labute approximate surface area is 218 Å². The van der Waals surface area contributed by atoms with Crippen molar-refractivity contribution in [1.82, 2.24) is 9.46 Å². The van der Waals surface area contributed by atoms with E-state index in [0.29, 0.717) is 11.8 Å². The van der Waals surface area contributed by atoms with E-state index in [-0.39, 0.29) is 58.6 Å². The van der Waals surface area contributed by atoms with Gasteiger partial charge in [-0.2, -0.15) is 4.31 Å². The van der Waals surface area contributed by atoms with Gasteiger partial charge in [-0.05, 0) is 68.3 Å².